The van der Waals surface area contributed by atoms with Gasteiger partial charge in [-0.25, -0.2) is 17.7 Å². The third-order valence-electron chi connectivity index (χ3n) is 5.59. The molecule has 0 aromatic heterocycles. The number of nitrogens with zero attached hydrogens (tertiary/aromatic N) is 4. The second kappa shape index (κ2) is 8.06. The third kappa shape index (κ3) is 3.77. The smallest absolute Gasteiger partial charge is 0.269 e. The minimum absolute atomic E-state index is 0.0261. The van der Waals surface area contributed by atoms with Crippen molar-refractivity contribution >= 4 is 21.7 Å². The summed E-state index contributed by atoms with van der Waals surface area (Å²) in [6.45, 7) is 3.73. The summed E-state index contributed by atoms with van der Waals surface area (Å²) in [6.07, 6.45) is 3.12. The van der Waals surface area contributed by atoms with E-state index in [0.717, 1.165) is 37.9 Å². The van der Waals surface area contributed by atoms with Gasteiger partial charge in [-0.05, 0) is 43.9 Å². The van der Waals surface area contributed by atoms with Crippen molar-refractivity contribution in [3.05, 3.63) is 69.8 Å². The Labute approximate surface area is 176 Å². The quantitative estimate of drug-likeness (QED) is 0.549. The Bertz CT molecular complexity index is 1060. The highest BCUT2D eigenvalue weighted by Crippen LogP contribution is 2.35. The Hall–Kier alpha value is -2.94. The topological polar surface area (TPSA) is 96.1 Å². The first-order valence-corrected chi connectivity index (χ1v) is 11.5. The van der Waals surface area contributed by atoms with Crippen molar-refractivity contribution in [2.75, 3.05) is 19.6 Å². The molecule has 0 amide bonds. The zero-order chi connectivity index (χ0) is 21.3. The molecule has 8 nitrogen and oxygen atoms in total. The van der Waals surface area contributed by atoms with Crippen LogP contribution < -0.4 is 0 Å². The van der Waals surface area contributed by atoms with Gasteiger partial charge in [-0.15, -0.1) is 0 Å². The lowest BCUT2D eigenvalue weighted by atomic mass is 10.1. The van der Waals surface area contributed by atoms with E-state index in [1.54, 1.807) is 36.4 Å². The Balaban J connectivity index is 1.74. The second-order valence-electron chi connectivity index (χ2n) is 7.67. The van der Waals surface area contributed by atoms with Gasteiger partial charge in [0.2, 0.25) is 5.96 Å². The zero-order valence-electron chi connectivity index (χ0n) is 16.8. The number of likely N-dealkylation sites (tertiary alicyclic amines) is 1. The lowest BCUT2D eigenvalue weighted by Crippen LogP contribution is -2.47. The minimum atomic E-state index is -3.85. The van der Waals surface area contributed by atoms with Crippen molar-refractivity contribution in [3.8, 4) is 0 Å². The largest absolute Gasteiger partial charge is 0.342 e. The van der Waals surface area contributed by atoms with E-state index in [0.29, 0.717) is 11.5 Å². The fraction of sp³-hybridized carbons (Fsp3) is 0.381. The summed E-state index contributed by atoms with van der Waals surface area (Å²) in [7, 11) is -3.85. The fourth-order valence-corrected chi connectivity index (χ4v) is 5.56. The second-order valence-corrected chi connectivity index (χ2v) is 9.48. The molecule has 2 aliphatic rings. The number of hydrogen-bond acceptors (Lipinski definition) is 6. The van der Waals surface area contributed by atoms with Crippen molar-refractivity contribution in [3.63, 3.8) is 0 Å². The Morgan fingerprint density at radius 1 is 1.00 bits per heavy atom. The number of nitro groups is 1. The van der Waals surface area contributed by atoms with Gasteiger partial charge in [0.15, 0.2) is 0 Å². The molecule has 1 unspecified atom stereocenters. The molecule has 2 heterocycles. The lowest BCUT2D eigenvalue weighted by Gasteiger charge is -2.35. The Morgan fingerprint density at radius 2 is 1.63 bits per heavy atom. The number of aliphatic imine (C=N–C) groups is 1. The molecular formula is C21H24N4O4S. The maximum Gasteiger partial charge on any atom is 0.269 e. The lowest BCUT2D eigenvalue weighted by molar-refractivity contribution is -0.384. The first-order valence-electron chi connectivity index (χ1n) is 10.0. The molecule has 2 aromatic carbocycles. The number of hydrogen-bond donors (Lipinski definition) is 0. The molecular weight excluding hydrogens is 404 g/mol. The number of piperidine rings is 1. The maximum atomic E-state index is 13.7. The van der Waals surface area contributed by atoms with Crippen LogP contribution in [0.25, 0.3) is 0 Å². The minimum Gasteiger partial charge on any atom is -0.342 e. The Morgan fingerprint density at radius 3 is 2.23 bits per heavy atom. The third-order valence-corrected chi connectivity index (χ3v) is 7.39. The molecule has 2 aliphatic heterocycles. The molecule has 1 atom stereocenters. The van der Waals surface area contributed by atoms with E-state index in [1.165, 1.54) is 16.4 Å². The highest BCUT2D eigenvalue weighted by atomic mass is 32.2. The average molecular weight is 429 g/mol. The number of non-ortho nitro benzene ring substituents is 1. The van der Waals surface area contributed by atoms with Gasteiger partial charge in [0.05, 0.1) is 22.4 Å². The monoisotopic (exact) mass is 428 g/mol. The van der Waals surface area contributed by atoms with Crippen LogP contribution in [0.3, 0.4) is 0 Å². The molecule has 0 N–H and O–H groups in total. The molecule has 0 aliphatic carbocycles. The predicted octanol–water partition coefficient (Wildman–Crippen LogP) is 3.49. The highest BCUT2D eigenvalue weighted by Gasteiger charge is 2.41. The van der Waals surface area contributed by atoms with Gasteiger partial charge < -0.3 is 4.90 Å². The highest BCUT2D eigenvalue weighted by molar-refractivity contribution is 7.89. The van der Waals surface area contributed by atoms with Crippen molar-refractivity contribution < 1.29 is 13.3 Å². The number of rotatable bonds is 4. The molecule has 30 heavy (non-hydrogen) atoms. The first-order chi connectivity index (χ1) is 14.4. The van der Waals surface area contributed by atoms with Crippen LogP contribution in [0.15, 0.2) is 58.4 Å². The van der Waals surface area contributed by atoms with Gasteiger partial charge in [-0.1, -0.05) is 29.8 Å². The summed E-state index contributed by atoms with van der Waals surface area (Å²) in [5.41, 5.74) is 1.64. The number of nitro benzene ring substituents is 1. The number of benzene rings is 2. The van der Waals surface area contributed by atoms with Crippen LogP contribution in [0.1, 0.15) is 36.4 Å². The fourth-order valence-electron chi connectivity index (χ4n) is 3.94. The zero-order valence-corrected chi connectivity index (χ0v) is 17.6. The molecule has 1 saturated heterocycles. The average Bonchev–Trinajstić information content (AvgIpc) is 3.21. The van der Waals surface area contributed by atoms with Crippen LogP contribution in [0.5, 0.6) is 0 Å². The molecule has 0 bridgehead atoms. The molecule has 4 rings (SSSR count). The van der Waals surface area contributed by atoms with E-state index in [1.807, 2.05) is 11.8 Å². The van der Waals surface area contributed by atoms with Crippen LogP contribution in [-0.2, 0) is 10.0 Å². The number of sulfonamides is 1. The van der Waals surface area contributed by atoms with Gasteiger partial charge in [0, 0.05) is 25.2 Å². The summed E-state index contributed by atoms with van der Waals surface area (Å²) in [6, 6.07) is 12.3. The summed E-state index contributed by atoms with van der Waals surface area (Å²) < 4.78 is 28.7. The molecule has 0 radical (unpaired) electrons. The van der Waals surface area contributed by atoms with E-state index < -0.39 is 21.0 Å². The number of aryl methyl sites for hydroxylation is 1. The molecule has 1 fully saturated rings. The van der Waals surface area contributed by atoms with E-state index in [9.17, 15) is 18.5 Å². The van der Waals surface area contributed by atoms with Crippen LogP contribution >= 0.6 is 0 Å². The van der Waals surface area contributed by atoms with Crippen LogP contribution in [0.4, 0.5) is 5.69 Å². The van der Waals surface area contributed by atoms with Crippen molar-refractivity contribution in [2.45, 2.75) is 37.1 Å². The number of guanidine groups is 1. The van der Waals surface area contributed by atoms with Crippen LogP contribution in [-0.4, -0.2) is 48.1 Å². The van der Waals surface area contributed by atoms with Crippen LogP contribution in [0.2, 0.25) is 0 Å². The summed E-state index contributed by atoms with van der Waals surface area (Å²) in [5.74, 6) is 0.471. The molecule has 158 valence electrons. The Kier molecular flexibility index (Phi) is 5.46. The van der Waals surface area contributed by atoms with Gasteiger partial charge in [-0.3, -0.25) is 10.1 Å². The molecule has 9 heteroatoms. The summed E-state index contributed by atoms with van der Waals surface area (Å²) >= 11 is 0. The SMILES string of the molecule is Cc1ccc(S(=O)(=O)N2C(N3CCCCC3)=NCC2c2ccc([N+](=O)[O-])cc2)cc1. The standard InChI is InChI=1S/C21H24N4O4S/c1-16-5-11-19(12-6-16)30(28,29)24-20(17-7-9-18(10-8-17)25(26)27)15-22-21(24)23-13-3-2-4-14-23/h5-12,20H,2-4,13-15H2,1H3. The van der Waals surface area contributed by atoms with Crippen molar-refractivity contribution in [2.24, 2.45) is 4.99 Å². The van der Waals surface area contributed by atoms with Gasteiger partial charge in [-0.2, -0.15) is 0 Å². The van der Waals surface area contributed by atoms with E-state index in [-0.39, 0.29) is 17.1 Å². The van der Waals surface area contributed by atoms with E-state index >= 15 is 0 Å². The maximum absolute atomic E-state index is 13.7. The molecule has 0 saturated carbocycles. The van der Waals surface area contributed by atoms with Crippen molar-refractivity contribution in [1.82, 2.24) is 9.21 Å². The van der Waals surface area contributed by atoms with Crippen LogP contribution in [0, 0.1) is 17.0 Å². The van der Waals surface area contributed by atoms with Crippen molar-refractivity contribution in [1.29, 1.82) is 0 Å². The first kappa shape index (κ1) is 20.3. The predicted molar refractivity (Wildman–Crippen MR) is 114 cm³/mol. The molecule has 2 aromatic rings. The molecule has 0 spiro atoms. The van der Waals surface area contributed by atoms with E-state index in [4.69, 9.17) is 0 Å². The van der Waals surface area contributed by atoms with Gasteiger partial charge >= 0.3 is 0 Å². The summed E-state index contributed by atoms with van der Waals surface area (Å²) in [5, 5.41) is 11.0. The van der Waals surface area contributed by atoms with Gasteiger partial charge in [0.1, 0.15) is 0 Å². The normalized spacial score (nSPS) is 19.6. The summed E-state index contributed by atoms with van der Waals surface area (Å²) in [4.78, 5) is 17.4. The van der Waals surface area contributed by atoms with Gasteiger partial charge in [0.25, 0.3) is 15.7 Å². The van der Waals surface area contributed by atoms with E-state index in [2.05, 4.69) is 4.99 Å².